The zero-order valence-electron chi connectivity index (χ0n) is 25.1. The predicted molar refractivity (Wildman–Crippen MR) is 157 cm³/mol. The lowest BCUT2D eigenvalue weighted by atomic mass is 9.65. The van der Waals surface area contributed by atoms with E-state index in [1.807, 2.05) is 54.9 Å². The molecular formula is C33H35F3N4O5. The van der Waals surface area contributed by atoms with Crippen molar-refractivity contribution in [2.45, 2.75) is 81.8 Å². The Morgan fingerprint density at radius 1 is 1.04 bits per heavy atom. The molecular weight excluding hydrogens is 589 g/mol. The molecule has 1 aliphatic carbocycles. The maximum Gasteiger partial charge on any atom is 0.490 e. The number of carbonyl (C=O) groups excluding carboxylic acids is 2. The van der Waals surface area contributed by atoms with Crippen LogP contribution in [0.1, 0.15) is 87.1 Å². The van der Waals surface area contributed by atoms with E-state index in [-0.39, 0.29) is 5.91 Å². The average molecular weight is 625 g/mol. The molecule has 0 radical (unpaired) electrons. The number of halogens is 3. The van der Waals surface area contributed by atoms with Crippen molar-refractivity contribution >= 4 is 17.7 Å². The Labute approximate surface area is 259 Å². The number of nitrogens with one attached hydrogen (secondary N) is 1. The highest BCUT2D eigenvalue weighted by Crippen LogP contribution is 2.43. The summed E-state index contributed by atoms with van der Waals surface area (Å²) in [6.45, 7) is 1.95. The van der Waals surface area contributed by atoms with Gasteiger partial charge in [0.1, 0.15) is 28.9 Å². The van der Waals surface area contributed by atoms with E-state index in [4.69, 9.17) is 14.6 Å². The third-order valence-electron chi connectivity index (χ3n) is 8.55. The van der Waals surface area contributed by atoms with Gasteiger partial charge < -0.3 is 19.7 Å². The van der Waals surface area contributed by atoms with E-state index in [2.05, 4.69) is 16.4 Å². The number of alkyl halides is 3. The Kier molecular flexibility index (Phi) is 10.0. The summed E-state index contributed by atoms with van der Waals surface area (Å²) in [5.41, 5.74) is 1.58. The average Bonchev–Trinajstić information content (AvgIpc) is 3.44. The van der Waals surface area contributed by atoms with Gasteiger partial charge in [-0.3, -0.25) is 9.59 Å². The fourth-order valence-electron chi connectivity index (χ4n) is 6.15. The molecule has 2 aliphatic rings. The first kappa shape index (κ1) is 33.2. The van der Waals surface area contributed by atoms with Crippen LogP contribution in [0, 0.1) is 11.3 Å². The third-order valence-corrected chi connectivity index (χ3v) is 8.55. The molecule has 238 valence electrons. The lowest BCUT2D eigenvalue weighted by molar-refractivity contribution is -0.192. The van der Waals surface area contributed by atoms with Gasteiger partial charge >= 0.3 is 12.1 Å². The van der Waals surface area contributed by atoms with E-state index in [9.17, 15) is 28.0 Å². The summed E-state index contributed by atoms with van der Waals surface area (Å²) >= 11 is 0. The number of ketones is 1. The molecule has 2 aromatic carbocycles. The van der Waals surface area contributed by atoms with Crippen molar-refractivity contribution < 1.29 is 37.4 Å². The summed E-state index contributed by atoms with van der Waals surface area (Å²) in [6, 6.07) is 15.5. The second kappa shape index (κ2) is 13.5. The summed E-state index contributed by atoms with van der Waals surface area (Å²) in [5.74, 6) is -1.52. The molecule has 1 amide bonds. The normalized spacial score (nSPS) is 22.3. The number of hydrogen-bond acceptors (Lipinski definition) is 6. The van der Waals surface area contributed by atoms with Crippen LogP contribution in [0.4, 0.5) is 13.2 Å². The van der Waals surface area contributed by atoms with Crippen molar-refractivity contribution in [1.29, 1.82) is 5.26 Å². The number of hydrogen-bond donors (Lipinski definition) is 2. The maximum absolute atomic E-state index is 13.4. The van der Waals surface area contributed by atoms with Gasteiger partial charge in [-0.2, -0.15) is 18.4 Å². The van der Waals surface area contributed by atoms with E-state index in [1.165, 1.54) is 0 Å². The van der Waals surface area contributed by atoms with Crippen molar-refractivity contribution in [3.05, 3.63) is 77.4 Å². The van der Waals surface area contributed by atoms with Crippen LogP contribution in [0.25, 0.3) is 0 Å². The van der Waals surface area contributed by atoms with Crippen LogP contribution in [-0.4, -0.2) is 38.5 Å². The summed E-state index contributed by atoms with van der Waals surface area (Å²) in [7, 11) is 1.90. The number of amides is 1. The zero-order chi connectivity index (χ0) is 32.8. The Morgan fingerprint density at radius 3 is 2.38 bits per heavy atom. The number of aryl methyl sites for hydroxylation is 1. The number of nitriles is 1. The number of imidazole rings is 1. The molecule has 0 saturated heterocycles. The first-order valence-electron chi connectivity index (χ1n) is 14.7. The van der Waals surface area contributed by atoms with E-state index >= 15 is 0 Å². The molecule has 1 fully saturated rings. The first-order valence-corrected chi connectivity index (χ1v) is 14.7. The quantitative estimate of drug-likeness (QED) is 0.318. The lowest BCUT2D eigenvalue weighted by Gasteiger charge is -2.37. The van der Waals surface area contributed by atoms with Gasteiger partial charge in [-0.1, -0.05) is 37.5 Å². The highest BCUT2D eigenvalue weighted by atomic mass is 19.4. The van der Waals surface area contributed by atoms with Crippen LogP contribution in [0.3, 0.4) is 0 Å². The van der Waals surface area contributed by atoms with Crippen LogP contribution < -0.4 is 10.1 Å². The summed E-state index contributed by atoms with van der Waals surface area (Å²) in [5, 5.41) is 20.2. The summed E-state index contributed by atoms with van der Waals surface area (Å²) in [6.07, 6.45) is 5.42. The van der Waals surface area contributed by atoms with Gasteiger partial charge in [-0.15, -0.1) is 0 Å². The molecule has 1 aliphatic heterocycles. The summed E-state index contributed by atoms with van der Waals surface area (Å²) in [4.78, 5) is 39.8. The number of fused-ring (bicyclic) bond motifs is 5. The van der Waals surface area contributed by atoms with E-state index in [0.29, 0.717) is 35.7 Å². The van der Waals surface area contributed by atoms with Gasteiger partial charge in [0, 0.05) is 19.9 Å². The molecule has 45 heavy (non-hydrogen) atoms. The van der Waals surface area contributed by atoms with E-state index in [1.54, 1.807) is 18.6 Å². The Hall–Kier alpha value is -4.66. The molecule has 1 saturated carbocycles. The number of ether oxygens (including phenoxy) is 1. The highest BCUT2D eigenvalue weighted by molar-refractivity contribution is 5.91. The smallest absolute Gasteiger partial charge is 0.475 e. The van der Waals surface area contributed by atoms with Crippen molar-refractivity contribution in [2.24, 2.45) is 7.05 Å². The first-order chi connectivity index (χ1) is 21.3. The van der Waals surface area contributed by atoms with E-state index in [0.717, 1.165) is 61.8 Å². The minimum absolute atomic E-state index is 0.0544. The van der Waals surface area contributed by atoms with Gasteiger partial charge in [0.2, 0.25) is 5.91 Å². The van der Waals surface area contributed by atoms with Gasteiger partial charge in [0.25, 0.3) is 0 Å². The van der Waals surface area contributed by atoms with Crippen LogP contribution in [0.15, 0.2) is 55.0 Å². The molecule has 2 heterocycles. The fraction of sp³-hybridized carbons (Fsp3) is 0.424. The van der Waals surface area contributed by atoms with Crippen molar-refractivity contribution in [3.63, 3.8) is 0 Å². The monoisotopic (exact) mass is 624 g/mol. The fourth-order valence-corrected chi connectivity index (χ4v) is 6.15. The second-order valence-electron chi connectivity index (χ2n) is 11.6. The van der Waals surface area contributed by atoms with Gasteiger partial charge in [-0.25, -0.2) is 9.78 Å². The Bertz CT molecular complexity index is 1610. The maximum atomic E-state index is 13.4. The largest absolute Gasteiger partial charge is 0.490 e. The molecule has 1 aromatic heterocycles. The van der Waals surface area contributed by atoms with Crippen LogP contribution in [-0.2, 0) is 32.4 Å². The Morgan fingerprint density at radius 2 is 1.73 bits per heavy atom. The van der Waals surface area contributed by atoms with Crippen LogP contribution in [0.2, 0.25) is 0 Å². The molecule has 2 N–H and O–H groups in total. The predicted octanol–water partition coefficient (Wildman–Crippen LogP) is 6.44. The van der Waals surface area contributed by atoms with Gasteiger partial charge in [-0.05, 0) is 68.0 Å². The SMILES string of the molecule is Cn1cncc1C1(C)NC(=O)CCCCCC2(CCCCC2=O)c2cccc(c2)Oc2cc1ccc2C#N.O=C(O)C(F)(F)F. The minimum atomic E-state index is -5.08. The number of nitrogens with zero attached hydrogens (tertiary/aromatic N) is 3. The van der Waals surface area contributed by atoms with Crippen molar-refractivity contribution in [2.75, 3.05) is 0 Å². The van der Waals surface area contributed by atoms with Gasteiger partial charge in [0.15, 0.2) is 0 Å². The molecule has 2 atom stereocenters. The van der Waals surface area contributed by atoms with Crippen molar-refractivity contribution in [3.8, 4) is 17.6 Å². The third kappa shape index (κ3) is 7.36. The number of aliphatic carboxylic acids is 1. The molecule has 2 unspecified atom stereocenters. The highest BCUT2D eigenvalue weighted by Gasteiger charge is 2.41. The van der Waals surface area contributed by atoms with E-state index < -0.39 is 23.1 Å². The number of rotatable bonds is 1. The van der Waals surface area contributed by atoms with Crippen LogP contribution >= 0.6 is 0 Å². The molecule has 3 aromatic rings. The molecule has 1 spiro atoms. The van der Waals surface area contributed by atoms with Gasteiger partial charge in [0.05, 0.1) is 29.2 Å². The molecule has 12 heteroatoms. The number of carbonyl (C=O) groups is 3. The number of benzene rings is 2. The molecule has 5 rings (SSSR count). The molecule has 4 bridgehead atoms. The number of carboxylic acid groups (broad SMARTS) is 1. The Balaban J connectivity index is 0.000000591. The van der Waals surface area contributed by atoms with Crippen LogP contribution in [0.5, 0.6) is 11.5 Å². The zero-order valence-corrected chi connectivity index (χ0v) is 25.1. The number of aromatic nitrogens is 2. The number of carboxylic acids is 1. The minimum Gasteiger partial charge on any atom is -0.475 e. The standard InChI is InChI=1S/C31H34N4O3.C2HF3O2/c1-30(27-20-33-21-35(27)2)23-14-13-22(19-32)26(18-23)38-25-10-8-9-24(17-25)31(16-7-5-11-28(31)36)15-6-3-4-12-29(37)34-30;3-2(4,5)1(6)7/h8-10,13-14,17-18,20-21H,3-7,11-12,15-16H2,1-2H3,(H,34,37);(H,6,7). The topological polar surface area (TPSA) is 134 Å². The second-order valence-corrected chi connectivity index (χ2v) is 11.6. The van der Waals surface area contributed by atoms with Crippen molar-refractivity contribution in [1.82, 2.24) is 14.9 Å². The molecule has 9 nitrogen and oxygen atoms in total. The summed E-state index contributed by atoms with van der Waals surface area (Å²) < 4.78 is 40.0. The number of Topliss-reactive ketones (excluding diaryl/α,β-unsaturated/α-hetero) is 1. The lowest BCUT2D eigenvalue weighted by Crippen LogP contribution is -2.45.